The summed E-state index contributed by atoms with van der Waals surface area (Å²) >= 11 is 0. The number of aromatic nitrogens is 4. The van der Waals surface area contributed by atoms with Crippen molar-refractivity contribution in [3.63, 3.8) is 0 Å². The molecule has 0 unspecified atom stereocenters. The van der Waals surface area contributed by atoms with E-state index in [9.17, 15) is 9.59 Å². The molecule has 0 saturated carbocycles. The molecule has 2 heterocycles. The third kappa shape index (κ3) is 3.21. The van der Waals surface area contributed by atoms with Crippen LogP contribution in [0.4, 0.5) is 0 Å². The van der Waals surface area contributed by atoms with Crippen LogP contribution in [0.3, 0.4) is 0 Å². The molecule has 1 N–H and O–H groups in total. The molecular weight excluding hydrogens is 286 g/mol. The van der Waals surface area contributed by atoms with E-state index in [2.05, 4.69) is 25.1 Å². The van der Waals surface area contributed by atoms with Gasteiger partial charge in [0.1, 0.15) is 6.54 Å². The van der Waals surface area contributed by atoms with Crippen LogP contribution in [0.15, 0.2) is 6.07 Å². The maximum Gasteiger partial charge on any atom is 0.325 e. The van der Waals surface area contributed by atoms with Crippen molar-refractivity contribution < 1.29 is 14.3 Å². The summed E-state index contributed by atoms with van der Waals surface area (Å²) in [5.74, 6) is -0.777. The van der Waals surface area contributed by atoms with Crippen molar-refractivity contribution in [3.8, 4) is 0 Å². The van der Waals surface area contributed by atoms with Crippen molar-refractivity contribution in [2.24, 2.45) is 0 Å². The van der Waals surface area contributed by atoms with Crippen LogP contribution in [0.2, 0.25) is 0 Å². The van der Waals surface area contributed by atoms with Crippen molar-refractivity contribution in [2.75, 3.05) is 13.7 Å². The number of carbonyl (C=O) groups excluding carboxylic acids is 2. The third-order valence-corrected chi connectivity index (χ3v) is 2.44. The summed E-state index contributed by atoms with van der Waals surface area (Å²) in [6, 6.07) is 1.83. The van der Waals surface area contributed by atoms with E-state index in [0.717, 1.165) is 11.4 Å². The molecule has 108 valence electrons. The van der Waals surface area contributed by atoms with Crippen LogP contribution < -0.4 is 5.32 Å². The van der Waals surface area contributed by atoms with E-state index in [1.165, 1.54) is 11.6 Å². The van der Waals surface area contributed by atoms with Crippen molar-refractivity contribution in [1.29, 1.82) is 0 Å². The topological polar surface area (TPSA) is 98.5 Å². The molecule has 1 amide bonds. The highest BCUT2D eigenvalue weighted by Gasteiger charge is 2.15. The fourth-order valence-corrected chi connectivity index (χ4v) is 1.57. The zero-order chi connectivity index (χ0) is 14.0. The normalized spacial score (nSPS) is 9.95. The number of rotatable bonds is 3. The molecule has 8 nitrogen and oxygen atoms in total. The number of esters is 1. The lowest BCUT2D eigenvalue weighted by molar-refractivity contribution is -0.139. The Labute approximate surface area is 121 Å². The van der Waals surface area contributed by atoms with Crippen LogP contribution in [0, 0.1) is 13.8 Å². The van der Waals surface area contributed by atoms with Gasteiger partial charge in [-0.2, -0.15) is 4.98 Å². The number of halogens is 1. The maximum absolute atomic E-state index is 11.7. The average molecular weight is 300 g/mol. The molecule has 0 aromatic carbocycles. The molecule has 0 aliphatic carbocycles. The van der Waals surface area contributed by atoms with Gasteiger partial charge in [-0.15, -0.1) is 17.5 Å². The van der Waals surface area contributed by atoms with E-state index in [0.29, 0.717) is 5.78 Å². The second kappa shape index (κ2) is 6.29. The summed E-state index contributed by atoms with van der Waals surface area (Å²) in [5, 5.41) is 6.40. The van der Waals surface area contributed by atoms with Crippen LogP contribution in [0.1, 0.15) is 22.0 Å². The van der Waals surface area contributed by atoms with Gasteiger partial charge in [0.05, 0.1) is 7.11 Å². The number of nitrogens with zero attached hydrogens (tertiary/aromatic N) is 4. The lowest BCUT2D eigenvalue weighted by Crippen LogP contribution is -2.30. The molecule has 2 aromatic heterocycles. The molecule has 0 saturated heterocycles. The summed E-state index contributed by atoms with van der Waals surface area (Å²) < 4.78 is 5.89. The van der Waals surface area contributed by atoms with Gasteiger partial charge in [-0.3, -0.25) is 9.59 Å². The van der Waals surface area contributed by atoms with Crippen molar-refractivity contribution in [2.45, 2.75) is 13.8 Å². The van der Waals surface area contributed by atoms with Crippen LogP contribution in [-0.2, 0) is 9.53 Å². The highest BCUT2D eigenvalue weighted by atomic mass is 35.5. The summed E-state index contributed by atoms with van der Waals surface area (Å²) in [6.07, 6.45) is 0. The SMILES string of the molecule is COC(=O)CNC(=O)c1nc2nc(C)cc(C)n2n1.Cl. The molecule has 2 rings (SSSR count). The quantitative estimate of drug-likeness (QED) is 0.805. The second-order valence-corrected chi connectivity index (χ2v) is 3.94. The van der Waals surface area contributed by atoms with E-state index in [-0.39, 0.29) is 24.8 Å². The minimum absolute atomic E-state index is 0. The van der Waals surface area contributed by atoms with Crippen molar-refractivity contribution in [3.05, 3.63) is 23.3 Å². The number of carbonyl (C=O) groups is 2. The van der Waals surface area contributed by atoms with Gasteiger partial charge in [0.2, 0.25) is 5.82 Å². The number of methoxy groups -OCH3 is 1. The largest absolute Gasteiger partial charge is 0.468 e. The molecule has 2 aromatic rings. The predicted octanol–water partition coefficient (Wildman–Crippen LogP) is 0.0657. The molecule has 0 bridgehead atoms. The maximum atomic E-state index is 11.7. The smallest absolute Gasteiger partial charge is 0.325 e. The first-order chi connectivity index (χ1) is 9.01. The lowest BCUT2D eigenvalue weighted by Gasteiger charge is -1.99. The average Bonchev–Trinajstić information content (AvgIpc) is 2.79. The molecule has 0 radical (unpaired) electrons. The summed E-state index contributed by atoms with van der Waals surface area (Å²) in [5.41, 5.74) is 1.61. The first kappa shape index (κ1) is 15.8. The van der Waals surface area contributed by atoms with Crippen LogP contribution in [0.5, 0.6) is 0 Å². The fourth-order valence-electron chi connectivity index (χ4n) is 1.57. The van der Waals surface area contributed by atoms with Gasteiger partial charge in [-0.05, 0) is 19.9 Å². The Bertz CT molecular complexity index is 655. The van der Waals surface area contributed by atoms with Crippen LogP contribution >= 0.6 is 12.4 Å². The van der Waals surface area contributed by atoms with Crippen molar-refractivity contribution >= 4 is 30.1 Å². The Morgan fingerprint density at radius 2 is 2.05 bits per heavy atom. The zero-order valence-electron chi connectivity index (χ0n) is 11.2. The molecule has 0 fully saturated rings. The zero-order valence-corrected chi connectivity index (χ0v) is 12.0. The van der Waals surface area contributed by atoms with Gasteiger partial charge in [0.25, 0.3) is 11.7 Å². The van der Waals surface area contributed by atoms with E-state index in [4.69, 9.17) is 0 Å². The van der Waals surface area contributed by atoms with E-state index >= 15 is 0 Å². The van der Waals surface area contributed by atoms with E-state index in [1.807, 2.05) is 19.9 Å². The number of amides is 1. The fraction of sp³-hybridized carbons (Fsp3) is 0.364. The number of hydrogen-bond acceptors (Lipinski definition) is 6. The molecule has 0 aliphatic rings. The molecule has 0 atom stereocenters. The minimum atomic E-state index is -0.548. The summed E-state index contributed by atoms with van der Waals surface area (Å²) in [4.78, 5) is 30.9. The number of fused-ring (bicyclic) bond motifs is 1. The number of hydrogen-bond donors (Lipinski definition) is 1. The first-order valence-electron chi connectivity index (χ1n) is 5.57. The Morgan fingerprint density at radius 1 is 1.35 bits per heavy atom. The molecule has 20 heavy (non-hydrogen) atoms. The van der Waals surface area contributed by atoms with E-state index in [1.54, 1.807) is 0 Å². The Kier molecular flexibility index (Phi) is 4.98. The Balaban J connectivity index is 0.00000200. The summed E-state index contributed by atoms with van der Waals surface area (Å²) in [7, 11) is 1.24. The van der Waals surface area contributed by atoms with Crippen LogP contribution in [0.25, 0.3) is 5.78 Å². The van der Waals surface area contributed by atoms with Gasteiger partial charge < -0.3 is 10.1 Å². The highest BCUT2D eigenvalue weighted by molar-refractivity contribution is 5.92. The molecule has 0 spiro atoms. The van der Waals surface area contributed by atoms with Crippen LogP contribution in [-0.4, -0.2) is 45.1 Å². The lowest BCUT2D eigenvalue weighted by atomic mass is 10.4. The molecule has 9 heteroatoms. The molecule has 0 aliphatic heterocycles. The first-order valence-corrected chi connectivity index (χ1v) is 5.57. The standard InChI is InChI=1S/C11H13N5O3.ClH/c1-6-4-7(2)16-11(13-6)14-9(15-16)10(18)12-5-8(17)19-3;/h4H,5H2,1-3H3,(H,12,18);1H. The van der Waals surface area contributed by atoms with Gasteiger partial charge >= 0.3 is 5.97 Å². The highest BCUT2D eigenvalue weighted by Crippen LogP contribution is 2.05. The Morgan fingerprint density at radius 3 is 2.70 bits per heavy atom. The monoisotopic (exact) mass is 299 g/mol. The Hall–Kier alpha value is -2.22. The predicted molar refractivity (Wildman–Crippen MR) is 71.9 cm³/mol. The number of aryl methyl sites for hydroxylation is 2. The van der Waals surface area contributed by atoms with Gasteiger partial charge in [-0.25, -0.2) is 9.50 Å². The number of ether oxygens (including phenoxy) is 1. The van der Waals surface area contributed by atoms with Gasteiger partial charge in [0, 0.05) is 11.4 Å². The second-order valence-electron chi connectivity index (χ2n) is 3.94. The van der Waals surface area contributed by atoms with Crippen molar-refractivity contribution in [1.82, 2.24) is 24.9 Å². The summed E-state index contributed by atoms with van der Waals surface area (Å²) in [6.45, 7) is 3.45. The minimum Gasteiger partial charge on any atom is -0.468 e. The van der Waals surface area contributed by atoms with E-state index < -0.39 is 11.9 Å². The molecular formula is C11H14ClN5O3. The van der Waals surface area contributed by atoms with Gasteiger partial charge in [0.15, 0.2) is 0 Å². The number of nitrogens with one attached hydrogen (secondary N) is 1. The third-order valence-electron chi connectivity index (χ3n) is 2.44. The van der Waals surface area contributed by atoms with Gasteiger partial charge in [-0.1, -0.05) is 0 Å².